The monoisotopic (exact) mass is 372 g/mol. The van der Waals surface area contributed by atoms with Crippen LogP contribution < -0.4 is 9.47 Å². The number of methoxy groups -OCH3 is 2. The van der Waals surface area contributed by atoms with Crippen molar-refractivity contribution >= 4 is 24.3 Å². The van der Waals surface area contributed by atoms with Gasteiger partial charge in [0.1, 0.15) is 11.5 Å². The zero-order valence-corrected chi connectivity index (χ0v) is 16.6. The van der Waals surface area contributed by atoms with E-state index in [1.807, 2.05) is 86.7 Å². The lowest BCUT2D eigenvalue weighted by Crippen LogP contribution is -1.98. The third-order valence-electron chi connectivity index (χ3n) is 4.42. The van der Waals surface area contributed by atoms with E-state index in [1.165, 1.54) is 0 Å². The Morgan fingerprint density at radius 1 is 0.571 bits per heavy atom. The topological polar surface area (TPSA) is 44.2 Å². The number of nitrogens with zero attached hydrogens (tertiary/aromatic N) is 2. The van der Waals surface area contributed by atoms with Crippen LogP contribution in [0.2, 0.25) is 0 Å². The van der Waals surface area contributed by atoms with E-state index < -0.39 is 0 Å². The van der Waals surface area contributed by atoms with Gasteiger partial charge in [0.05, 0.1) is 37.0 Å². The van der Waals surface area contributed by atoms with Gasteiger partial charge in [-0.15, -0.1) is 0 Å². The van der Waals surface area contributed by atoms with Crippen LogP contribution in [-0.2, 0) is 0 Å². The molecule has 0 radical (unpaired) electrons. The van der Waals surface area contributed by atoms with Gasteiger partial charge in [-0.2, -0.15) is 0 Å². The van der Waals surface area contributed by atoms with Crippen molar-refractivity contribution < 1.29 is 9.47 Å². The van der Waals surface area contributed by atoms with Crippen molar-refractivity contribution in [3.05, 3.63) is 82.4 Å². The van der Waals surface area contributed by atoms with Gasteiger partial charge in [-0.25, -0.2) is 9.97 Å². The molecule has 0 amide bonds. The molecule has 4 nitrogen and oxygen atoms in total. The molecule has 3 aromatic rings. The van der Waals surface area contributed by atoms with Gasteiger partial charge < -0.3 is 9.47 Å². The van der Waals surface area contributed by atoms with Gasteiger partial charge >= 0.3 is 0 Å². The van der Waals surface area contributed by atoms with Crippen molar-refractivity contribution in [2.24, 2.45) is 0 Å². The van der Waals surface area contributed by atoms with E-state index in [-0.39, 0.29) is 0 Å². The van der Waals surface area contributed by atoms with Crippen LogP contribution in [0.5, 0.6) is 11.5 Å². The summed E-state index contributed by atoms with van der Waals surface area (Å²) in [4.78, 5) is 9.43. The molecule has 0 atom stereocenters. The molecule has 0 saturated carbocycles. The van der Waals surface area contributed by atoms with Gasteiger partial charge in [0, 0.05) is 0 Å². The van der Waals surface area contributed by atoms with Crippen LogP contribution in [0.15, 0.2) is 48.5 Å². The van der Waals surface area contributed by atoms with E-state index in [9.17, 15) is 0 Å². The minimum Gasteiger partial charge on any atom is -0.497 e. The van der Waals surface area contributed by atoms with Crippen LogP contribution in [0.25, 0.3) is 24.3 Å². The van der Waals surface area contributed by atoms with Crippen molar-refractivity contribution in [1.82, 2.24) is 9.97 Å². The Bertz CT molecular complexity index is 905. The predicted molar refractivity (Wildman–Crippen MR) is 115 cm³/mol. The Hall–Kier alpha value is -3.40. The second kappa shape index (κ2) is 9.00. The average molecular weight is 372 g/mol. The Balaban J connectivity index is 1.77. The fourth-order valence-corrected chi connectivity index (χ4v) is 2.73. The molecule has 0 unspecified atom stereocenters. The summed E-state index contributed by atoms with van der Waals surface area (Å²) in [6.45, 7) is 3.95. The minimum atomic E-state index is 0.844. The fraction of sp³-hybridized carbons (Fsp3) is 0.167. The number of benzene rings is 2. The summed E-state index contributed by atoms with van der Waals surface area (Å²) in [7, 11) is 3.33. The van der Waals surface area contributed by atoms with Gasteiger partial charge in [-0.1, -0.05) is 36.4 Å². The minimum absolute atomic E-state index is 0.844. The highest BCUT2D eigenvalue weighted by molar-refractivity contribution is 5.72. The van der Waals surface area contributed by atoms with Crippen molar-refractivity contribution in [3.63, 3.8) is 0 Å². The van der Waals surface area contributed by atoms with Gasteiger partial charge in [0.15, 0.2) is 0 Å². The van der Waals surface area contributed by atoms with E-state index >= 15 is 0 Å². The summed E-state index contributed by atoms with van der Waals surface area (Å²) in [5, 5.41) is 0. The lowest BCUT2D eigenvalue weighted by atomic mass is 10.1. The van der Waals surface area contributed by atoms with Crippen molar-refractivity contribution in [2.45, 2.75) is 13.8 Å². The van der Waals surface area contributed by atoms with Crippen LogP contribution in [0, 0.1) is 13.8 Å². The van der Waals surface area contributed by atoms with E-state index in [0.717, 1.165) is 45.4 Å². The van der Waals surface area contributed by atoms with E-state index in [0.29, 0.717) is 0 Å². The smallest absolute Gasteiger partial charge is 0.118 e. The SMILES string of the molecule is COc1ccc(/C=C/c2nc(C)c(/C=C/c3ccc(OC)cc3)nc2C)cc1. The summed E-state index contributed by atoms with van der Waals surface area (Å²) in [5.74, 6) is 1.69. The third-order valence-corrected chi connectivity index (χ3v) is 4.42. The van der Waals surface area contributed by atoms with Crippen molar-refractivity contribution in [3.8, 4) is 11.5 Å². The first-order chi connectivity index (χ1) is 13.6. The first kappa shape index (κ1) is 19.4. The highest BCUT2D eigenvalue weighted by Gasteiger charge is 2.04. The number of rotatable bonds is 6. The second-order valence-corrected chi connectivity index (χ2v) is 6.38. The molecule has 0 aliphatic heterocycles. The third kappa shape index (κ3) is 4.86. The van der Waals surface area contributed by atoms with Crippen LogP contribution >= 0.6 is 0 Å². The molecule has 0 bridgehead atoms. The predicted octanol–water partition coefficient (Wildman–Crippen LogP) is 5.45. The Kier molecular flexibility index (Phi) is 6.22. The number of aryl methyl sites for hydroxylation is 2. The standard InChI is InChI=1S/C24H24N2O2/c1-17-23(15-9-19-5-11-21(27-3)12-6-19)26-18(2)24(25-17)16-10-20-7-13-22(28-4)14-8-20/h5-16H,1-4H3/b15-9+,16-10+. The first-order valence-corrected chi connectivity index (χ1v) is 9.08. The molecule has 0 aliphatic carbocycles. The maximum absolute atomic E-state index is 5.19. The maximum atomic E-state index is 5.19. The highest BCUT2D eigenvalue weighted by Crippen LogP contribution is 2.17. The molecule has 1 aromatic heterocycles. The molecule has 28 heavy (non-hydrogen) atoms. The number of hydrogen-bond donors (Lipinski definition) is 0. The molecule has 0 N–H and O–H groups in total. The molecule has 142 valence electrons. The van der Waals surface area contributed by atoms with Crippen molar-refractivity contribution in [1.29, 1.82) is 0 Å². The van der Waals surface area contributed by atoms with Gasteiger partial charge in [0.2, 0.25) is 0 Å². The molecule has 2 aromatic carbocycles. The van der Waals surface area contributed by atoms with Crippen LogP contribution in [0.3, 0.4) is 0 Å². The normalized spacial score (nSPS) is 11.3. The van der Waals surface area contributed by atoms with Crippen LogP contribution in [-0.4, -0.2) is 24.2 Å². The lowest BCUT2D eigenvalue weighted by Gasteiger charge is -2.05. The molecule has 0 spiro atoms. The zero-order chi connectivity index (χ0) is 19.9. The molecule has 4 heteroatoms. The van der Waals surface area contributed by atoms with E-state index in [2.05, 4.69) is 0 Å². The summed E-state index contributed by atoms with van der Waals surface area (Å²) in [5.41, 5.74) is 5.70. The van der Waals surface area contributed by atoms with E-state index in [4.69, 9.17) is 19.4 Å². The summed E-state index contributed by atoms with van der Waals surface area (Å²) in [6.07, 6.45) is 8.05. The van der Waals surface area contributed by atoms with Crippen molar-refractivity contribution in [2.75, 3.05) is 14.2 Å². The first-order valence-electron chi connectivity index (χ1n) is 9.08. The summed E-state index contributed by atoms with van der Waals surface area (Å²) >= 11 is 0. The maximum Gasteiger partial charge on any atom is 0.118 e. The fourth-order valence-electron chi connectivity index (χ4n) is 2.73. The van der Waals surface area contributed by atoms with Gasteiger partial charge in [-0.05, 0) is 61.4 Å². The van der Waals surface area contributed by atoms with Gasteiger partial charge in [0.25, 0.3) is 0 Å². The molecule has 3 rings (SSSR count). The Morgan fingerprint density at radius 3 is 1.25 bits per heavy atom. The molecular formula is C24H24N2O2. The molecule has 0 aliphatic rings. The molecule has 1 heterocycles. The Labute approximate surface area is 166 Å². The zero-order valence-electron chi connectivity index (χ0n) is 16.6. The second-order valence-electron chi connectivity index (χ2n) is 6.38. The lowest BCUT2D eigenvalue weighted by molar-refractivity contribution is 0.414. The van der Waals surface area contributed by atoms with Gasteiger partial charge in [-0.3, -0.25) is 0 Å². The molecular weight excluding hydrogens is 348 g/mol. The molecule has 0 fully saturated rings. The van der Waals surface area contributed by atoms with E-state index in [1.54, 1.807) is 14.2 Å². The number of ether oxygens (including phenoxy) is 2. The highest BCUT2D eigenvalue weighted by atomic mass is 16.5. The number of hydrogen-bond acceptors (Lipinski definition) is 4. The average Bonchev–Trinajstić information content (AvgIpc) is 2.73. The van der Waals surface area contributed by atoms with Crippen LogP contribution in [0.1, 0.15) is 33.9 Å². The van der Waals surface area contributed by atoms with Crippen LogP contribution in [0.4, 0.5) is 0 Å². The quantitative estimate of drug-likeness (QED) is 0.577. The summed E-state index contributed by atoms with van der Waals surface area (Å²) < 4.78 is 10.4. The summed E-state index contributed by atoms with van der Waals surface area (Å²) in [6, 6.07) is 15.8. The largest absolute Gasteiger partial charge is 0.497 e. The Morgan fingerprint density at radius 2 is 0.929 bits per heavy atom. The molecule has 0 saturated heterocycles. The number of aromatic nitrogens is 2.